The molecule has 1 N–H and O–H groups in total. The fourth-order valence-corrected chi connectivity index (χ4v) is 6.75. The van der Waals surface area contributed by atoms with E-state index in [1.165, 1.54) is 9.87 Å². The maximum atomic E-state index is 13.2. The van der Waals surface area contributed by atoms with Gasteiger partial charge in [-0.3, -0.25) is 4.79 Å². The Hall–Kier alpha value is -2.48. The van der Waals surface area contributed by atoms with Crippen LogP contribution in [0.15, 0.2) is 72.1 Å². The van der Waals surface area contributed by atoms with E-state index < -0.39 is 10.0 Å². The first-order valence-electron chi connectivity index (χ1n) is 11.8. The van der Waals surface area contributed by atoms with Gasteiger partial charge in [0.15, 0.2) is 0 Å². The molecule has 1 atom stereocenters. The second-order valence-electron chi connectivity index (χ2n) is 9.19. The molecule has 0 aliphatic carbocycles. The molecule has 0 bridgehead atoms. The minimum absolute atomic E-state index is 0.00245. The van der Waals surface area contributed by atoms with E-state index in [0.717, 1.165) is 16.0 Å². The maximum absolute atomic E-state index is 13.2. The van der Waals surface area contributed by atoms with Crippen LogP contribution in [-0.4, -0.2) is 31.7 Å². The van der Waals surface area contributed by atoms with Crippen molar-refractivity contribution < 1.29 is 13.2 Å². The van der Waals surface area contributed by atoms with E-state index in [4.69, 9.17) is 0 Å². The average molecular weight is 497 g/mol. The van der Waals surface area contributed by atoms with E-state index in [2.05, 4.69) is 43.4 Å². The Balaban J connectivity index is 1.40. The topological polar surface area (TPSA) is 66.5 Å². The Bertz CT molecular complexity index is 1170. The summed E-state index contributed by atoms with van der Waals surface area (Å²) in [5, 5.41) is 5.27. The monoisotopic (exact) mass is 496 g/mol. The van der Waals surface area contributed by atoms with Crippen molar-refractivity contribution in [2.75, 3.05) is 13.1 Å². The molecule has 2 heterocycles. The average Bonchev–Trinajstić information content (AvgIpc) is 3.37. The molecule has 1 fully saturated rings. The SMILES string of the molecule is CC(C)c1ccc(C(NC(=O)C2CCN(S(=O)(=O)Cc3ccccc3)CC2)c2cccs2)cc1. The standard InChI is InChI=1S/C27H32N2O3S2/c1-20(2)22-10-12-23(13-11-22)26(25-9-6-18-33-25)28-27(30)24-14-16-29(17-15-24)34(31,32)19-21-7-4-3-5-8-21/h3-13,18,20,24,26H,14-17,19H2,1-2H3,(H,28,30). The van der Waals surface area contributed by atoms with Gasteiger partial charge in [-0.15, -0.1) is 11.3 Å². The summed E-state index contributed by atoms with van der Waals surface area (Å²) in [6.45, 7) is 5.08. The van der Waals surface area contributed by atoms with Crippen LogP contribution in [0, 0.1) is 5.92 Å². The molecule has 1 aliphatic heterocycles. The number of carbonyl (C=O) groups excluding carboxylic acids is 1. The van der Waals surface area contributed by atoms with Crippen LogP contribution in [0.1, 0.15) is 60.2 Å². The minimum Gasteiger partial charge on any atom is -0.344 e. The zero-order chi connectivity index (χ0) is 24.1. The number of hydrogen-bond acceptors (Lipinski definition) is 4. The Kier molecular flexibility index (Phi) is 7.86. The number of nitrogens with one attached hydrogen (secondary N) is 1. The summed E-state index contributed by atoms with van der Waals surface area (Å²) in [6, 6.07) is 21.5. The van der Waals surface area contributed by atoms with Crippen LogP contribution in [0.3, 0.4) is 0 Å². The minimum atomic E-state index is -3.39. The van der Waals surface area contributed by atoms with Gasteiger partial charge in [0.1, 0.15) is 0 Å². The van der Waals surface area contributed by atoms with Crippen molar-refractivity contribution in [2.45, 2.75) is 44.4 Å². The summed E-state index contributed by atoms with van der Waals surface area (Å²) in [4.78, 5) is 14.3. The maximum Gasteiger partial charge on any atom is 0.223 e. The van der Waals surface area contributed by atoms with Crippen LogP contribution >= 0.6 is 11.3 Å². The smallest absolute Gasteiger partial charge is 0.223 e. The summed E-state index contributed by atoms with van der Waals surface area (Å²) >= 11 is 1.63. The highest BCUT2D eigenvalue weighted by molar-refractivity contribution is 7.88. The lowest BCUT2D eigenvalue weighted by atomic mass is 9.95. The second kappa shape index (κ2) is 10.8. The van der Waals surface area contributed by atoms with Crippen LogP contribution in [0.2, 0.25) is 0 Å². The molecule has 0 radical (unpaired) electrons. The predicted molar refractivity (Wildman–Crippen MR) is 138 cm³/mol. The van der Waals surface area contributed by atoms with Gasteiger partial charge in [-0.1, -0.05) is 74.5 Å². The molecule has 1 aliphatic rings. The van der Waals surface area contributed by atoms with Crippen LogP contribution in [0.5, 0.6) is 0 Å². The van der Waals surface area contributed by atoms with Crippen molar-refractivity contribution in [3.05, 3.63) is 93.7 Å². The van der Waals surface area contributed by atoms with E-state index >= 15 is 0 Å². The highest BCUT2D eigenvalue weighted by Crippen LogP contribution is 2.29. The zero-order valence-electron chi connectivity index (χ0n) is 19.7. The highest BCUT2D eigenvalue weighted by Gasteiger charge is 2.32. The molecule has 180 valence electrons. The second-order valence-corrected chi connectivity index (χ2v) is 12.1. The molecular formula is C27H32N2O3S2. The number of hydrogen-bond donors (Lipinski definition) is 1. The third-order valence-corrected chi connectivity index (χ3v) is 9.25. The molecule has 34 heavy (non-hydrogen) atoms. The molecule has 4 rings (SSSR count). The Labute approximate surface area is 206 Å². The summed E-state index contributed by atoms with van der Waals surface area (Å²) in [5.74, 6) is 0.247. The molecule has 3 aromatic rings. The first-order valence-corrected chi connectivity index (χ1v) is 14.3. The van der Waals surface area contributed by atoms with E-state index in [1.54, 1.807) is 11.3 Å². The quantitative estimate of drug-likeness (QED) is 0.459. The van der Waals surface area contributed by atoms with Crippen molar-refractivity contribution in [2.24, 2.45) is 5.92 Å². The van der Waals surface area contributed by atoms with Crippen molar-refractivity contribution in [3.63, 3.8) is 0 Å². The Morgan fingerprint density at radius 2 is 1.62 bits per heavy atom. The predicted octanol–water partition coefficient (Wildman–Crippen LogP) is 5.32. The van der Waals surface area contributed by atoms with Gasteiger partial charge in [-0.2, -0.15) is 0 Å². The van der Waals surface area contributed by atoms with Crippen molar-refractivity contribution in [1.82, 2.24) is 9.62 Å². The third-order valence-electron chi connectivity index (χ3n) is 6.46. The van der Waals surface area contributed by atoms with Crippen LogP contribution in [0.4, 0.5) is 0 Å². The van der Waals surface area contributed by atoms with Crippen molar-refractivity contribution in [3.8, 4) is 0 Å². The van der Waals surface area contributed by atoms with E-state index in [0.29, 0.717) is 31.8 Å². The lowest BCUT2D eigenvalue weighted by Crippen LogP contribution is -2.44. The molecule has 0 spiro atoms. The first-order chi connectivity index (χ1) is 16.3. The summed E-state index contributed by atoms with van der Waals surface area (Å²) in [6.07, 6.45) is 1.06. The number of sulfonamides is 1. The number of amides is 1. The molecule has 1 saturated heterocycles. The lowest BCUT2D eigenvalue weighted by Gasteiger charge is -2.31. The largest absolute Gasteiger partial charge is 0.344 e. The fraction of sp³-hybridized carbons (Fsp3) is 0.370. The van der Waals surface area contributed by atoms with Crippen molar-refractivity contribution >= 4 is 27.3 Å². The lowest BCUT2D eigenvalue weighted by molar-refractivity contribution is -0.126. The van der Waals surface area contributed by atoms with Crippen LogP contribution < -0.4 is 5.32 Å². The van der Waals surface area contributed by atoms with Gasteiger partial charge in [-0.05, 0) is 46.9 Å². The Morgan fingerprint density at radius 1 is 0.971 bits per heavy atom. The normalized spacial score (nSPS) is 16.4. The van der Waals surface area contributed by atoms with E-state index in [1.807, 2.05) is 47.8 Å². The number of nitrogens with zero attached hydrogens (tertiary/aromatic N) is 1. The van der Waals surface area contributed by atoms with Gasteiger partial charge in [0, 0.05) is 23.9 Å². The fourth-order valence-electron chi connectivity index (χ4n) is 4.38. The van der Waals surface area contributed by atoms with Gasteiger partial charge in [0.2, 0.25) is 15.9 Å². The van der Waals surface area contributed by atoms with Crippen molar-refractivity contribution in [1.29, 1.82) is 0 Å². The van der Waals surface area contributed by atoms with Crippen LogP contribution in [0.25, 0.3) is 0 Å². The number of rotatable bonds is 8. The zero-order valence-corrected chi connectivity index (χ0v) is 21.3. The van der Waals surface area contributed by atoms with Gasteiger partial charge < -0.3 is 5.32 Å². The third kappa shape index (κ3) is 5.95. The molecule has 7 heteroatoms. The molecule has 1 amide bonds. The highest BCUT2D eigenvalue weighted by atomic mass is 32.2. The summed E-state index contributed by atoms with van der Waals surface area (Å²) < 4.78 is 27.2. The molecule has 1 aromatic heterocycles. The van der Waals surface area contributed by atoms with Gasteiger partial charge >= 0.3 is 0 Å². The molecule has 2 aromatic carbocycles. The summed E-state index contributed by atoms with van der Waals surface area (Å²) in [5.41, 5.74) is 3.11. The molecule has 5 nitrogen and oxygen atoms in total. The first kappa shape index (κ1) is 24.6. The van der Waals surface area contributed by atoms with Gasteiger partial charge in [-0.25, -0.2) is 12.7 Å². The van der Waals surface area contributed by atoms with E-state index in [-0.39, 0.29) is 23.6 Å². The molecule has 1 unspecified atom stereocenters. The molecule has 0 saturated carbocycles. The molecular weight excluding hydrogens is 464 g/mol. The van der Waals surface area contributed by atoms with Gasteiger partial charge in [0.25, 0.3) is 0 Å². The Morgan fingerprint density at radius 3 is 2.21 bits per heavy atom. The summed E-state index contributed by atoms with van der Waals surface area (Å²) in [7, 11) is -3.39. The number of carbonyl (C=O) groups is 1. The number of thiophene rings is 1. The number of piperidine rings is 1. The van der Waals surface area contributed by atoms with E-state index in [9.17, 15) is 13.2 Å². The number of benzene rings is 2. The van der Waals surface area contributed by atoms with Crippen LogP contribution in [-0.2, 0) is 20.6 Å². The van der Waals surface area contributed by atoms with Gasteiger partial charge in [0.05, 0.1) is 11.8 Å².